The summed E-state index contributed by atoms with van der Waals surface area (Å²) in [6.45, 7) is 9.97. The standard InChI is InChI=1S/C15H24N2O3/c1-11(2)15(3,4)10-16-9-14(18)12-5-7-13(8-6-12)17(19)20/h5-8,11,14,16,18H,9-10H2,1-4H3. The van der Waals surface area contributed by atoms with Crippen LogP contribution in [-0.4, -0.2) is 23.1 Å². The number of benzene rings is 1. The van der Waals surface area contributed by atoms with E-state index in [0.29, 0.717) is 18.0 Å². The van der Waals surface area contributed by atoms with Crippen LogP contribution in [0.25, 0.3) is 0 Å². The fourth-order valence-corrected chi connectivity index (χ4v) is 1.67. The maximum atomic E-state index is 10.6. The number of aliphatic hydroxyl groups is 1. The quantitative estimate of drug-likeness (QED) is 0.595. The molecule has 1 unspecified atom stereocenters. The van der Waals surface area contributed by atoms with Gasteiger partial charge in [-0.2, -0.15) is 0 Å². The average molecular weight is 280 g/mol. The van der Waals surface area contributed by atoms with E-state index in [1.807, 2.05) is 0 Å². The monoisotopic (exact) mass is 280 g/mol. The summed E-state index contributed by atoms with van der Waals surface area (Å²) in [5.74, 6) is 0.548. The van der Waals surface area contributed by atoms with Crippen molar-refractivity contribution in [2.24, 2.45) is 11.3 Å². The Kier molecular flexibility index (Phi) is 5.65. The van der Waals surface area contributed by atoms with Crippen LogP contribution in [0, 0.1) is 21.4 Å². The Labute approximate surface area is 120 Å². The van der Waals surface area contributed by atoms with Gasteiger partial charge in [0, 0.05) is 25.2 Å². The normalized spacial score (nSPS) is 13.5. The van der Waals surface area contributed by atoms with E-state index in [0.717, 1.165) is 6.54 Å². The number of nitrogens with one attached hydrogen (secondary N) is 1. The molecule has 0 aliphatic carbocycles. The van der Waals surface area contributed by atoms with E-state index in [1.54, 1.807) is 12.1 Å². The number of nitrogens with zero attached hydrogens (tertiary/aromatic N) is 1. The van der Waals surface area contributed by atoms with E-state index in [2.05, 4.69) is 33.0 Å². The lowest BCUT2D eigenvalue weighted by atomic mass is 9.81. The van der Waals surface area contributed by atoms with Gasteiger partial charge in [-0.1, -0.05) is 27.7 Å². The van der Waals surface area contributed by atoms with Gasteiger partial charge in [-0.25, -0.2) is 0 Å². The van der Waals surface area contributed by atoms with Gasteiger partial charge < -0.3 is 10.4 Å². The molecule has 5 heteroatoms. The highest BCUT2D eigenvalue weighted by molar-refractivity contribution is 5.33. The number of hydrogen-bond acceptors (Lipinski definition) is 4. The summed E-state index contributed by atoms with van der Waals surface area (Å²) in [7, 11) is 0. The van der Waals surface area contributed by atoms with Crippen LogP contribution < -0.4 is 5.32 Å². The van der Waals surface area contributed by atoms with Gasteiger partial charge in [0.05, 0.1) is 11.0 Å². The molecule has 1 aromatic rings. The van der Waals surface area contributed by atoms with Crippen LogP contribution in [0.15, 0.2) is 24.3 Å². The van der Waals surface area contributed by atoms with Crippen molar-refractivity contribution in [1.82, 2.24) is 5.32 Å². The molecule has 0 saturated heterocycles. The second-order valence-corrected chi connectivity index (χ2v) is 6.14. The van der Waals surface area contributed by atoms with Crippen LogP contribution in [-0.2, 0) is 0 Å². The lowest BCUT2D eigenvalue weighted by molar-refractivity contribution is -0.384. The van der Waals surface area contributed by atoms with Crippen LogP contribution in [0.1, 0.15) is 39.4 Å². The summed E-state index contributed by atoms with van der Waals surface area (Å²) in [6.07, 6.45) is -0.654. The number of aliphatic hydroxyl groups excluding tert-OH is 1. The third kappa shape index (κ3) is 4.58. The predicted octanol–water partition coefficient (Wildman–Crippen LogP) is 2.90. The fraction of sp³-hybridized carbons (Fsp3) is 0.600. The molecule has 0 saturated carbocycles. The first-order valence-electron chi connectivity index (χ1n) is 6.87. The van der Waals surface area contributed by atoms with E-state index >= 15 is 0 Å². The first-order chi connectivity index (χ1) is 9.24. The van der Waals surface area contributed by atoms with Crippen LogP contribution in [0.2, 0.25) is 0 Å². The zero-order valence-corrected chi connectivity index (χ0v) is 12.6. The highest BCUT2D eigenvalue weighted by Gasteiger charge is 2.22. The molecule has 1 rings (SSSR count). The molecule has 0 bridgehead atoms. The van der Waals surface area contributed by atoms with Crippen LogP contribution >= 0.6 is 0 Å². The lowest BCUT2D eigenvalue weighted by Crippen LogP contribution is -2.35. The molecule has 0 heterocycles. The van der Waals surface area contributed by atoms with Gasteiger partial charge in [0.25, 0.3) is 5.69 Å². The molecule has 0 amide bonds. The van der Waals surface area contributed by atoms with Gasteiger partial charge in [0.15, 0.2) is 0 Å². The van der Waals surface area contributed by atoms with Crippen molar-refractivity contribution in [1.29, 1.82) is 0 Å². The van der Waals surface area contributed by atoms with Crippen LogP contribution in [0.3, 0.4) is 0 Å². The van der Waals surface area contributed by atoms with Crippen molar-refractivity contribution in [2.75, 3.05) is 13.1 Å². The molecular weight excluding hydrogens is 256 g/mol. The molecule has 0 aliphatic rings. The second-order valence-electron chi connectivity index (χ2n) is 6.14. The third-order valence-electron chi connectivity index (χ3n) is 3.97. The maximum absolute atomic E-state index is 10.6. The van der Waals surface area contributed by atoms with E-state index in [-0.39, 0.29) is 11.1 Å². The van der Waals surface area contributed by atoms with E-state index in [1.165, 1.54) is 12.1 Å². The highest BCUT2D eigenvalue weighted by atomic mass is 16.6. The molecule has 112 valence electrons. The summed E-state index contributed by atoms with van der Waals surface area (Å²) in [5, 5.41) is 23.9. The first kappa shape index (κ1) is 16.6. The molecule has 0 fully saturated rings. The second kappa shape index (κ2) is 6.81. The Morgan fingerprint density at radius 3 is 2.30 bits per heavy atom. The molecular formula is C15H24N2O3. The highest BCUT2D eigenvalue weighted by Crippen LogP contribution is 2.25. The summed E-state index contributed by atoms with van der Waals surface area (Å²) in [4.78, 5) is 10.1. The molecule has 0 aliphatic heterocycles. The predicted molar refractivity (Wildman–Crippen MR) is 79.5 cm³/mol. The van der Waals surface area contributed by atoms with Gasteiger partial charge in [0.2, 0.25) is 0 Å². The Bertz CT molecular complexity index is 441. The fourth-order valence-electron chi connectivity index (χ4n) is 1.67. The van der Waals surface area contributed by atoms with Crippen LogP contribution in [0.4, 0.5) is 5.69 Å². The number of nitro groups is 1. The van der Waals surface area contributed by atoms with Crippen molar-refractivity contribution in [3.8, 4) is 0 Å². The molecule has 0 spiro atoms. The topological polar surface area (TPSA) is 75.4 Å². The molecule has 5 nitrogen and oxygen atoms in total. The van der Waals surface area contributed by atoms with Gasteiger partial charge in [-0.3, -0.25) is 10.1 Å². The number of rotatable bonds is 7. The number of non-ortho nitro benzene ring substituents is 1. The Morgan fingerprint density at radius 1 is 1.30 bits per heavy atom. The molecule has 20 heavy (non-hydrogen) atoms. The maximum Gasteiger partial charge on any atom is 0.269 e. The average Bonchev–Trinajstić information content (AvgIpc) is 2.38. The van der Waals surface area contributed by atoms with Crippen molar-refractivity contribution < 1.29 is 10.0 Å². The zero-order valence-electron chi connectivity index (χ0n) is 12.6. The van der Waals surface area contributed by atoms with Crippen molar-refractivity contribution in [3.05, 3.63) is 39.9 Å². The van der Waals surface area contributed by atoms with Crippen molar-refractivity contribution in [3.63, 3.8) is 0 Å². The Hall–Kier alpha value is -1.46. The van der Waals surface area contributed by atoms with Crippen molar-refractivity contribution in [2.45, 2.75) is 33.8 Å². The molecule has 1 atom stereocenters. The largest absolute Gasteiger partial charge is 0.387 e. The summed E-state index contributed by atoms with van der Waals surface area (Å²) in [6, 6.07) is 6.02. The van der Waals surface area contributed by atoms with Gasteiger partial charge in [-0.15, -0.1) is 0 Å². The van der Waals surface area contributed by atoms with E-state index in [9.17, 15) is 15.2 Å². The minimum absolute atomic E-state index is 0.0369. The molecule has 2 N–H and O–H groups in total. The van der Waals surface area contributed by atoms with E-state index < -0.39 is 11.0 Å². The SMILES string of the molecule is CC(C)C(C)(C)CNCC(O)c1ccc([N+](=O)[O-])cc1. The minimum atomic E-state index is -0.654. The molecule has 0 radical (unpaired) electrons. The van der Waals surface area contributed by atoms with Gasteiger partial charge in [0.1, 0.15) is 0 Å². The summed E-state index contributed by atoms with van der Waals surface area (Å²) < 4.78 is 0. The molecule has 1 aromatic carbocycles. The minimum Gasteiger partial charge on any atom is -0.387 e. The van der Waals surface area contributed by atoms with E-state index in [4.69, 9.17) is 0 Å². The van der Waals surface area contributed by atoms with Gasteiger partial charge >= 0.3 is 0 Å². The third-order valence-corrected chi connectivity index (χ3v) is 3.97. The number of nitro benzene ring substituents is 1. The number of hydrogen-bond donors (Lipinski definition) is 2. The molecule has 0 aromatic heterocycles. The smallest absolute Gasteiger partial charge is 0.269 e. The van der Waals surface area contributed by atoms with Crippen LogP contribution in [0.5, 0.6) is 0 Å². The summed E-state index contributed by atoms with van der Waals surface area (Å²) >= 11 is 0. The first-order valence-corrected chi connectivity index (χ1v) is 6.87. The lowest BCUT2D eigenvalue weighted by Gasteiger charge is -2.30. The zero-order chi connectivity index (χ0) is 15.3. The van der Waals surface area contributed by atoms with Crippen molar-refractivity contribution >= 4 is 5.69 Å². The van der Waals surface area contributed by atoms with Gasteiger partial charge in [-0.05, 0) is 29.0 Å². The Morgan fingerprint density at radius 2 is 1.85 bits per heavy atom. The summed E-state index contributed by atoms with van der Waals surface area (Å²) in [5.41, 5.74) is 0.884. The Balaban J connectivity index is 2.51.